The van der Waals surface area contributed by atoms with E-state index in [1.807, 2.05) is 0 Å². The third kappa shape index (κ3) is 2.66. The Bertz CT molecular complexity index is 868. The van der Waals surface area contributed by atoms with Crippen molar-refractivity contribution >= 4 is 12.2 Å². The quantitative estimate of drug-likeness (QED) is 0.603. The van der Waals surface area contributed by atoms with Crippen LogP contribution in [0.5, 0.6) is 0 Å². The van der Waals surface area contributed by atoms with Gasteiger partial charge in [-0.15, -0.1) is 5.98 Å². The van der Waals surface area contributed by atoms with Crippen LogP contribution >= 0.6 is 0 Å². The van der Waals surface area contributed by atoms with Crippen molar-refractivity contribution in [2.45, 2.75) is 12.2 Å². The molecular formula is C24H21B. The first-order valence-electron chi connectivity index (χ1n) is 8.85. The third-order valence-corrected chi connectivity index (χ3v) is 5.29. The van der Waals surface area contributed by atoms with E-state index in [0.29, 0.717) is 0 Å². The molecule has 0 N–H and O–H groups in total. The molecule has 1 heterocycles. The zero-order chi connectivity index (χ0) is 17.1. The molecule has 0 bridgehead atoms. The summed E-state index contributed by atoms with van der Waals surface area (Å²) in [4.78, 5) is 0. The smallest absolute Gasteiger partial charge is 0.109 e. The molecule has 1 heteroatoms. The third-order valence-electron chi connectivity index (χ3n) is 5.29. The zero-order valence-electron chi connectivity index (χ0n) is 14.5. The lowest BCUT2D eigenvalue weighted by atomic mass is 9.26. The minimum Gasteiger partial charge on any atom is -0.109 e. The van der Waals surface area contributed by atoms with E-state index in [4.69, 9.17) is 0 Å². The van der Waals surface area contributed by atoms with Crippen molar-refractivity contribution in [3.8, 4) is 0 Å². The molecule has 3 aromatic rings. The fraction of sp³-hybridized carbons (Fsp3) is 0.0833. The molecule has 0 unspecified atom stereocenters. The number of hydrogen-bond acceptors (Lipinski definition) is 0. The van der Waals surface area contributed by atoms with Crippen molar-refractivity contribution in [3.63, 3.8) is 0 Å². The average molecular weight is 320 g/mol. The summed E-state index contributed by atoms with van der Waals surface area (Å²) in [6, 6.07) is 30.5. The lowest BCUT2D eigenvalue weighted by molar-refractivity contribution is 0.895. The largest absolute Gasteiger partial charge is 0.221 e. The fourth-order valence-corrected chi connectivity index (χ4v) is 4.07. The van der Waals surface area contributed by atoms with Crippen molar-refractivity contribution < 1.29 is 0 Å². The predicted octanol–water partition coefficient (Wildman–Crippen LogP) is 4.89. The maximum absolute atomic E-state index is 2.37. The van der Waals surface area contributed by atoms with Crippen LogP contribution in [0, 0.1) is 6.92 Å². The average Bonchev–Trinajstić information content (AvgIpc) is 2.70. The lowest BCUT2D eigenvalue weighted by Crippen LogP contribution is -2.51. The molecule has 4 rings (SSSR count). The highest BCUT2D eigenvalue weighted by molar-refractivity contribution is 6.82. The van der Waals surface area contributed by atoms with Gasteiger partial charge in [0.15, 0.2) is 0 Å². The van der Waals surface area contributed by atoms with Crippen LogP contribution in [0.4, 0.5) is 0 Å². The Kier molecular flexibility index (Phi) is 4.15. The molecule has 0 fully saturated rings. The van der Waals surface area contributed by atoms with Gasteiger partial charge in [-0.2, -0.15) is 0 Å². The Morgan fingerprint density at radius 2 is 1.20 bits per heavy atom. The van der Waals surface area contributed by atoms with Crippen molar-refractivity contribution in [3.05, 3.63) is 126 Å². The van der Waals surface area contributed by atoms with Gasteiger partial charge in [0.2, 0.25) is 6.71 Å². The number of rotatable bonds is 3. The van der Waals surface area contributed by atoms with Gasteiger partial charge in [0, 0.05) is 5.31 Å². The van der Waals surface area contributed by atoms with E-state index in [-0.39, 0.29) is 12.0 Å². The molecule has 0 atom stereocenters. The Balaban J connectivity index is 2.01. The molecule has 0 radical (unpaired) electrons. The van der Waals surface area contributed by atoms with E-state index in [2.05, 4.69) is 116 Å². The summed E-state index contributed by atoms with van der Waals surface area (Å²) < 4.78 is 0. The second kappa shape index (κ2) is 6.60. The summed E-state index contributed by atoms with van der Waals surface area (Å²) in [7, 11) is 0. The molecule has 120 valence electrons. The second-order valence-corrected chi connectivity index (χ2v) is 6.68. The van der Waals surface area contributed by atoms with Crippen LogP contribution in [0.2, 0.25) is 0 Å². The Hall–Kier alpha value is -2.80. The van der Waals surface area contributed by atoms with Crippen LogP contribution in [-0.2, 0) is 5.31 Å². The van der Waals surface area contributed by atoms with Crippen LogP contribution in [0.15, 0.2) is 109 Å². The summed E-state index contributed by atoms with van der Waals surface area (Å²) in [5.74, 6) is 2.35. The van der Waals surface area contributed by atoms with E-state index in [1.165, 1.54) is 22.2 Å². The minimum atomic E-state index is -0.191. The molecule has 1 aliphatic rings. The molecule has 3 aromatic carbocycles. The van der Waals surface area contributed by atoms with Crippen molar-refractivity contribution in [2.24, 2.45) is 0 Å². The first kappa shape index (κ1) is 15.7. The molecule has 25 heavy (non-hydrogen) atoms. The van der Waals surface area contributed by atoms with Crippen LogP contribution in [-0.4, -0.2) is 6.71 Å². The normalized spacial score (nSPS) is 15.3. The monoisotopic (exact) mass is 320 g/mol. The number of aryl methyl sites for hydroxylation is 1. The minimum absolute atomic E-state index is 0.191. The van der Waals surface area contributed by atoms with Gasteiger partial charge >= 0.3 is 0 Å². The van der Waals surface area contributed by atoms with Crippen molar-refractivity contribution in [1.29, 1.82) is 0 Å². The summed E-state index contributed by atoms with van der Waals surface area (Å²) in [6.45, 7) is 2.48. The van der Waals surface area contributed by atoms with Gasteiger partial charge in [0.1, 0.15) is 0 Å². The summed E-state index contributed by atoms with van der Waals surface area (Å²) >= 11 is 0. The van der Waals surface area contributed by atoms with Gasteiger partial charge in [0.25, 0.3) is 0 Å². The van der Waals surface area contributed by atoms with Gasteiger partial charge in [-0.3, -0.25) is 0 Å². The highest BCUT2D eigenvalue weighted by Crippen LogP contribution is 2.38. The maximum atomic E-state index is 2.37. The van der Waals surface area contributed by atoms with Crippen molar-refractivity contribution in [2.75, 3.05) is 0 Å². The van der Waals surface area contributed by atoms with Gasteiger partial charge in [-0.05, 0) is 18.1 Å². The number of allylic oxidation sites excluding steroid dienone is 3. The van der Waals surface area contributed by atoms with Crippen LogP contribution in [0.25, 0.3) is 0 Å². The Morgan fingerprint density at radius 3 is 1.80 bits per heavy atom. The molecule has 0 amide bonds. The summed E-state index contributed by atoms with van der Waals surface area (Å²) in [5.41, 5.74) is 5.38. The molecule has 0 saturated carbocycles. The summed E-state index contributed by atoms with van der Waals surface area (Å²) in [6.07, 6.45) is 6.74. The Morgan fingerprint density at radius 1 is 0.640 bits per heavy atom. The van der Waals surface area contributed by atoms with Crippen LogP contribution in [0.1, 0.15) is 16.7 Å². The van der Waals surface area contributed by atoms with Crippen LogP contribution < -0.4 is 5.46 Å². The van der Waals surface area contributed by atoms with E-state index in [1.54, 1.807) is 0 Å². The van der Waals surface area contributed by atoms with E-state index >= 15 is 0 Å². The van der Waals surface area contributed by atoms with Gasteiger partial charge in [-0.25, -0.2) is 0 Å². The fourth-order valence-electron chi connectivity index (χ4n) is 4.07. The zero-order valence-corrected chi connectivity index (χ0v) is 14.5. The predicted molar refractivity (Wildman–Crippen MR) is 109 cm³/mol. The molecule has 1 aliphatic heterocycles. The lowest BCUT2D eigenvalue weighted by Gasteiger charge is -2.39. The topological polar surface area (TPSA) is 0 Å². The molecular weight excluding hydrogens is 299 g/mol. The van der Waals surface area contributed by atoms with E-state index in [9.17, 15) is 0 Å². The molecule has 0 aliphatic carbocycles. The van der Waals surface area contributed by atoms with Gasteiger partial charge in [-0.1, -0.05) is 114 Å². The first-order valence-corrected chi connectivity index (χ1v) is 8.85. The molecule has 0 saturated heterocycles. The van der Waals surface area contributed by atoms with E-state index in [0.717, 1.165) is 0 Å². The Labute approximate surface area is 150 Å². The molecule has 0 aromatic heterocycles. The van der Waals surface area contributed by atoms with E-state index < -0.39 is 0 Å². The number of hydrogen-bond donors (Lipinski definition) is 0. The first-order chi connectivity index (χ1) is 12.3. The highest BCUT2D eigenvalue weighted by Gasteiger charge is 2.43. The standard InChI is InChI=1S/C24H21B/c1-20-12-8-9-17-23(20)25-19-11-10-18-24(25,21-13-4-2-5-14-21)22-15-6-3-7-16-22/h2-19H,1H3. The number of benzene rings is 3. The summed E-state index contributed by atoms with van der Waals surface area (Å²) in [5, 5.41) is -0.191. The van der Waals surface area contributed by atoms with Gasteiger partial charge < -0.3 is 0 Å². The van der Waals surface area contributed by atoms with Crippen LogP contribution in [0.3, 0.4) is 0 Å². The second-order valence-electron chi connectivity index (χ2n) is 6.68. The molecule has 0 spiro atoms. The SMILES string of the molecule is Cc1ccccc1B1C=CC=CC1(c1ccccc1)c1ccccc1. The highest BCUT2D eigenvalue weighted by atomic mass is 14.3. The van der Waals surface area contributed by atoms with Crippen molar-refractivity contribution in [1.82, 2.24) is 0 Å². The molecule has 0 nitrogen and oxygen atoms in total. The van der Waals surface area contributed by atoms with Gasteiger partial charge in [0.05, 0.1) is 0 Å². The maximum Gasteiger partial charge on any atom is 0.221 e.